The van der Waals surface area contributed by atoms with Crippen molar-refractivity contribution < 1.29 is 19.2 Å². The first-order chi connectivity index (χ1) is 14.5. The second-order valence-electron chi connectivity index (χ2n) is 6.66. The summed E-state index contributed by atoms with van der Waals surface area (Å²) in [6, 6.07) is 12.8. The highest BCUT2D eigenvalue weighted by atomic mass is 32.1. The van der Waals surface area contributed by atoms with Crippen molar-refractivity contribution in [1.29, 1.82) is 0 Å². The molecule has 2 aromatic rings. The van der Waals surface area contributed by atoms with E-state index in [4.69, 9.17) is 21.7 Å². The zero-order valence-electron chi connectivity index (χ0n) is 16.1. The number of carbonyl (C=O) groups excluding carboxylic acids is 1. The van der Waals surface area contributed by atoms with Crippen LogP contribution in [0.4, 0.5) is 5.69 Å². The molecule has 0 aromatic heterocycles. The van der Waals surface area contributed by atoms with E-state index >= 15 is 0 Å². The second kappa shape index (κ2) is 10.5. The Kier molecular flexibility index (Phi) is 7.52. The number of thiocarbonyl (C=S) groups is 1. The predicted octanol–water partition coefficient (Wildman–Crippen LogP) is 2.46. The molecule has 158 valence electrons. The highest BCUT2D eigenvalue weighted by molar-refractivity contribution is 7.80. The number of benzene rings is 2. The number of nitro groups is 1. The summed E-state index contributed by atoms with van der Waals surface area (Å²) >= 11 is 5.15. The van der Waals surface area contributed by atoms with Crippen LogP contribution in [-0.4, -0.2) is 35.2 Å². The topological polar surface area (TPSA) is 115 Å². The number of hydrazine groups is 1. The van der Waals surface area contributed by atoms with Crippen molar-refractivity contribution in [2.24, 2.45) is 0 Å². The summed E-state index contributed by atoms with van der Waals surface area (Å²) in [5, 5.41) is 14.0. The minimum atomic E-state index is -0.469. The van der Waals surface area contributed by atoms with Gasteiger partial charge in [-0.2, -0.15) is 0 Å². The van der Waals surface area contributed by atoms with E-state index in [9.17, 15) is 14.9 Å². The van der Waals surface area contributed by atoms with Crippen LogP contribution in [0.25, 0.3) is 0 Å². The molecule has 1 atom stereocenters. The summed E-state index contributed by atoms with van der Waals surface area (Å²) in [6.45, 7) is 1.58. The van der Waals surface area contributed by atoms with Gasteiger partial charge >= 0.3 is 0 Å². The number of non-ortho nitro benzene ring substituents is 1. The summed E-state index contributed by atoms with van der Waals surface area (Å²) in [7, 11) is 0. The van der Waals surface area contributed by atoms with E-state index in [1.807, 2.05) is 6.07 Å². The molecule has 2 aromatic carbocycles. The third kappa shape index (κ3) is 6.39. The van der Waals surface area contributed by atoms with Crippen LogP contribution in [-0.2, 0) is 11.3 Å². The Labute approximate surface area is 178 Å². The van der Waals surface area contributed by atoms with Gasteiger partial charge in [-0.05, 0) is 54.9 Å². The average Bonchev–Trinajstić information content (AvgIpc) is 3.29. The van der Waals surface area contributed by atoms with Crippen LogP contribution in [0.1, 0.15) is 28.8 Å². The maximum Gasteiger partial charge on any atom is 0.269 e. The van der Waals surface area contributed by atoms with Gasteiger partial charge in [0.1, 0.15) is 12.4 Å². The largest absolute Gasteiger partial charge is 0.489 e. The molecule has 0 saturated carbocycles. The Bertz CT molecular complexity index is 900. The minimum absolute atomic E-state index is 0.00306. The molecule has 0 bridgehead atoms. The van der Waals surface area contributed by atoms with Crippen LogP contribution >= 0.6 is 12.2 Å². The van der Waals surface area contributed by atoms with Gasteiger partial charge in [0.05, 0.1) is 11.0 Å². The highest BCUT2D eigenvalue weighted by Crippen LogP contribution is 2.18. The van der Waals surface area contributed by atoms with Crippen molar-refractivity contribution in [3.8, 4) is 5.75 Å². The van der Waals surface area contributed by atoms with Gasteiger partial charge in [-0.1, -0.05) is 12.1 Å². The van der Waals surface area contributed by atoms with E-state index < -0.39 is 4.92 Å². The van der Waals surface area contributed by atoms with Gasteiger partial charge in [-0.3, -0.25) is 25.8 Å². The standard InChI is InChI=1S/C20H22N4O5S/c25-19(22-23-20(30)21-12-18-5-2-10-28-18)15-4-1-3-14(11-15)13-29-17-8-6-16(7-9-17)24(26)27/h1,3-4,6-9,11,18H,2,5,10,12-13H2,(H,22,25)(H2,21,23,30)/t18-/m0/s1. The molecule has 10 heteroatoms. The van der Waals surface area contributed by atoms with Crippen molar-refractivity contribution >= 4 is 28.9 Å². The van der Waals surface area contributed by atoms with Gasteiger partial charge in [0.25, 0.3) is 11.6 Å². The number of ether oxygens (including phenoxy) is 2. The molecular formula is C20H22N4O5S. The summed E-state index contributed by atoms with van der Waals surface area (Å²) in [4.78, 5) is 22.6. The van der Waals surface area contributed by atoms with Gasteiger partial charge < -0.3 is 14.8 Å². The molecule has 0 radical (unpaired) electrons. The quantitative estimate of drug-likeness (QED) is 0.349. The number of nitrogens with one attached hydrogen (secondary N) is 3. The van der Waals surface area contributed by atoms with Crippen molar-refractivity contribution in [1.82, 2.24) is 16.2 Å². The van der Waals surface area contributed by atoms with Crippen LogP contribution in [0.2, 0.25) is 0 Å². The first kappa shape index (κ1) is 21.5. The Morgan fingerprint density at radius 3 is 2.73 bits per heavy atom. The van der Waals surface area contributed by atoms with Crippen LogP contribution in [0.15, 0.2) is 48.5 Å². The van der Waals surface area contributed by atoms with Crippen molar-refractivity contribution in [3.05, 3.63) is 69.8 Å². The molecule has 1 aliphatic rings. The molecule has 1 amide bonds. The number of nitrogens with zero attached hydrogens (tertiary/aromatic N) is 1. The zero-order valence-corrected chi connectivity index (χ0v) is 16.9. The molecule has 1 saturated heterocycles. The fraction of sp³-hybridized carbons (Fsp3) is 0.300. The normalized spacial score (nSPS) is 15.3. The Balaban J connectivity index is 1.45. The summed E-state index contributed by atoms with van der Waals surface area (Å²) in [5.74, 6) is 0.160. The molecule has 30 heavy (non-hydrogen) atoms. The number of rotatable bonds is 7. The predicted molar refractivity (Wildman–Crippen MR) is 114 cm³/mol. The molecule has 9 nitrogen and oxygen atoms in total. The number of hydrogen-bond acceptors (Lipinski definition) is 6. The van der Waals surface area contributed by atoms with Gasteiger partial charge in [0, 0.05) is 30.8 Å². The first-order valence-electron chi connectivity index (χ1n) is 9.43. The Hall–Kier alpha value is -3.24. The Morgan fingerprint density at radius 2 is 2.03 bits per heavy atom. The third-order valence-electron chi connectivity index (χ3n) is 4.45. The summed E-state index contributed by atoms with van der Waals surface area (Å²) < 4.78 is 11.1. The number of nitro benzene ring substituents is 1. The van der Waals surface area contributed by atoms with E-state index in [0.29, 0.717) is 23.0 Å². The van der Waals surface area contributed by atoms with E-state index in [2.05, 4.69) is 16.2 Å². The lowest BCUT2D eigenvalue weighted by Gasteiger charge is -2.14. The monoisotopic (exact) mass is 430 g/mol. The van der Waals surface area contributed by atoms with Crippen molar-refractivity contribution in [2.45, 2.75) is 25.6 Å². The molecule has 1 aliphatic heterocycles. The lowest BCUT2D eigenvalue weighted by atomic mass is 10.1. The van der Waals surface area contributed by atoms with Gasteiger partial charge in [-0.25, -0.2) is 0 Å². The fourth-order valence-electron chi connectivity index (χ4n) is 2.87. The van der Waals surface area contributed by atoms with Crippen LogP contribution in [0.5, 0.6) is 5.75 Å². The Morgan fingerprint density at radius 1 is 1.23 bits per heavy atom. The van der Waals surface area contributed by atoms with Crippen molar-refractivity contribution in [3.63, 3.8) is 0 Å². The van der Waals surface area contributed by atoms with Gasteiger partial charge in [0.15, 0.2) is 5.11 Å². The van der Waals surface area contributed by atoms with Crippen LogP contribution in [0, 0.1) is 10.1 Å². The summed E-state index contributed by atoms with van der Waals surface area (Å²) in [6.07, 6.45) is 2.19. The number of amides is 1. The minimum Gasteiger partial charge on any atom is -0.489 e. The van der Waals surface area contributed by atoms with E-state index in [-0.39, 0.29) is 24.3 Å². The van der Waals surface area contributed by atoms with Crippen molar-refractivity contribution in [2.75, 3.05) is 13.2 Å². The highest BCUT2D eigenvalue weighted by Gasteiger charge is 2.15. The molecule has 0 unspecified atom stereocenters. The maximum atomic E-state index is 12.3. The molecule has 0 aliphatic carbocycles. The van der Waals surface area contributed by atoms with Crippen LogP contribution < -0.4 is 20.9 Å². The first-order valence-corrected chi connectivity index (χ1v) is 9.84. The van der Waals surface area contributed by atoms with Crippen LogP contribution in [0.3, 0.4) is 0 Å². The zero-order chi connectivity index (χ0) is 21.3. The molecular weight excluding hydrogens is 408 g/mol. The smallest absolute Gasteiger partial charge is 0.269 e. The van der Waals surface area contributed by atoms with E-state index in [1.165, 1.54) is 24.3 Å². The molecule has 3 rings (SSSR count). The second-order valence-corrected chi connectivity index (χ2v) is 7.07. The number of hydrogen-bond donors (Lipinski definition) is 3. The lowest BCUT2D eigenvalue weighted by Crippen LogP contribution is -2.48. The number of carbonyl (C=O) groups is 1. The molecule has 1 fully saturated rings. The van der Waals surface area contributed by atoms with Gasteiger partial charge in [0.2, 0.25) is 0 Å². The molecule has 3 N–H and O–H groups in total. The SMILES string of the molecule is O=C(NNC(=S)NC[C@@H]1CCCO1)c1cccc(COc2ccc([N+](=O)[O-])cc2)c1. The maximum absolute atomic E-state index is 12.3. The average molecular weight is 430 g/mol. The van der Waals surface area contributed by atoms with E-state index in [0.717, 1.165) is 25.0 Å². The summed E-state index contributed by atoms with van der Waals surface area (Å²) in [5.41, 5.74) is 6.44. The van der Waals surface area contributed by atoms with E-state index in [1.54, 1.807) is 18.2 Å². The van der Waals surface area contributed by atoms with Gasteiger partial charge in [-0.15, -0.1) is 0 Å². The fourth-order valence-corrected chi connectivity index (χ4v) is 3.01. The molecule has 1 heterocycles. The third-order valence-corrected chi connectivity index (χ3v) is 4.69. The lowest BCUT2D eigenvalue weighted by molar-refractivity contribution is -0.384. The molecule has 0 spiro atoms.